The highest BCUT2D eigenvalue weighted by Crippen LogP contribution is 2.25. The molecule has 0 aliphatic heterocycles. The van der Waals surface area contributed by atoms with E-state index < -0.39 is 34.3 Å². The zero-order valence-corrected chi connectivity index (χ0v) is 24.4. The summed E-state index contributed by atoms with van der Waals surface area (Å²) in [7, 11) is -4.14. The molecule has 1 fully saturated rings. The van der Waals surface area contributed by atoms with Crippen LogP contribution in [0.5, 0.6) is 0 Å². The second-order valence-corrected chi connectivity index (χ2v) is 12.3. The number of carbonyl (C=O) groups is 2. The Morgan fingerprint density at radius 3 is 2.20 bits per heavy atom. The summed E-state index contributed by atoms with van der Waals surface area (Å²) in [6, 6.07) is 20.1. The van der Waals surface area contributed by atoms with Gasteiger partial charge in [0.05, 0.1) is 10.6 Å². The monoisotopic (exact) mass is 579 g/mol. The van der Waals surface area contributed by atoms with Gasteiger partial charge in [0, 0.05) is 18.2 Å². The summed E-state index contributed by atoms with van der Waals surface area (Å²) >= 11 is 0. The zero-order chi connectivity index (χ0) is 29.4. The van der Waals surface area contributed by atoms with Gasteiger partial charge < -0.3 is 10.2 Å². The van der Waals surface area contributed by atoms with Gasteiger partial charge in [0.25, 0.3) is 10.0 Å². The first-order valence-corrected chi connectivity index (χ1v) is 15.6. The predicted octanol–water partition coefficient (Wildman–Crippen LogP) is 5.45. The Bertz CT molecular complexity index is 1420. The van der Waals surface area contributed by atoms with Gasteiger partial charge in [0.2, 0.25) is 11.8 Å². The Balaban J connectivity index is 1.67. The number of rotatable bonds is 11. The molecule has 3 aromatic rings. The Kier molecular flexibility index (Phi) is 10.2. The molecule has 1 aliphatic carbocycles. The van der Waals surface area contributed by atoms with Crippen molar-refractivity contribution in [2.45, 2.75) is 75.9 Å². The molecule has 1 saturated carbocycles. The van der Waals surface area contributed by atoms with Crippen molar-refractivity contribution in [3.05, 3.63) is 95.8 Å². The molecule has 3 aromatic carbocycles. The van der Waals surface area contributed by atoms with Crippen LogP contribution in [0.2, 0.25) is 0 Å². The molecule has 7 nitrogen and oxygen atoms in total. The lowest BCUT2D eigenvalue weighted by Gasteiger charge is -2.33. The third kappa shape index (κ3) is 7.52. The molecule has 1 aliphatic rings. The Labute approximate surface area is 242 Å². The van der Waals surface area contributed by atoms with Gasteiger partial charge in [-0.25, -0.2) is 12.8 Å². The smallest absolute Gasteiger partial charge is 0.264 e. The number of hydrogen-bond acceptors (Lipinski definition) is 4. The summed E-state index contributed by atoms with van der Waals surface area (Å²) in [5.74, 6) is -1.46. The van der Waals surface area contributed by atoms with E-state index >= 15 is 0 Å². The van der Waals surface area contributed by atoms with Gasteiger partial charge in [-0.3, -0.25) is 13.9 Å². The average Bonchev–Trinajstić information content (AvgIpc) is 3.00. The normalized spacial score (nSPS) is 14.7. The van der Waals surface area contributed by atoms with Crippen LogP contribution in [0.15, 0.2) is 83.8 Å². The lowest BCUT2D eigenvalue weighted by molar-refractivity contribution is -0.139. The maximum atomic E-state index is 14.7. The maximum Gasteiger partial charge on any atom is 0.264 e. The largest absolute Gasteiger partial charge is 0.352 e. The van der Waals surface area contributed by atoms with E-state index in [4.69, 9.17) is 0 Å². The quantitative estimate of drug-likeness (QED) is 0.327. The van der Waals surface area contributed by atoms with Crippen LogP contribution in [0, 0.1) is 5.82 Å². The second-order valence-electron chi connectivity index (χ2n) is 10.5. The van der Waals surface area contributed by atoms with E-state index in [0.717, 1.165) is 48.4 Å². The lowest BCUT2D eigenvalue weighted by atomic mass is 9.95. The lowest BCUT2D eigenvalue weighted by Crippen LogP contribution is -2.53. The number of nitrogens with one attached hydrogen (secondary N) is 1. The van der Waals surface area contributed by atoms with E-state index in [-0.39, 0.29) is 29.0 Å². The molecule has 0 spiro atoms. The van der Waals surface area contributed by atoms with Crippen molar-refractivity contribution >= 4 is 27.5 Å². The summed E-state index contributed by atoms with van der Waals surface area (Å²) in [6.07, 6.45) is 5.70. The molecule has 0 saturated heterocycles. The number of aryl methyl sites for hydroxylation is 1. The van der Waals surface area contributed by atoms with Crippen LogP contribution < -0.4 is 9.62 Å². The summed E-state index contributed by atoms with van der Waals surface area (Å²) < 4.78 is 43.5. The van der Waals surface area contributed by atoms with Crippen LogP contribution in [0.1, 0.15) is 57.1 Å². The third-order valence-corrected chi connectivity index (χ3v) is 9.45. The number of hydrogen-bond donors (Lipinski definition) is 1. The summed E-state index contributed by atoms with van der Waals surface area (Å²) in [5, 5.41) is 3.05. The molecule has 9 heteroatoms. The van der Waals surface area contributed by atoms with E-state index in [1.807, 2.05) is 19.1 Å². The van der Waals surface area contributed by atoms with Crippen molar-refractivity contribution in [2.75, 3.05) is 10.8 Å². The van der Waals surface area contributed by atoms with Crippen LogP contribution in [0.4, 0.5) is 10.1 Å². The van der Waals surface area contributed by atoms with Crippen molar-refractivity contribution in [3.63, 3.8) is 0 Å². The molecule has 4 rings (SSSR count). The summed E-state index contributed by atoms with van der Waals surface area (Å²) in [4.78, 5) is 28.7. The van der Waals surface area contributed by atoms with Gasteiger partial charge in [-0.15, -0.1) is 0 Å². The SMILES string of the molecule is CCc1ccc(N(CC(=O)N(Cc2ccccc2F)C(C)C(=O)NC2CCCCC2)S(=O)(=O)c2ccccc2)cc1. The Morgan fingerprint density at radius 2 is 1.56 bits per heavy atom. The highest BCUT2D eigenvalue weighted by molar-refractivity contribution is 7.92. The minimum Gasteiger partial charge on any atom is -0.352 e. The predicted molar refractivity (Wildman–Crippen MR) is 158 cm³/mol. The van der Waals surface area contributed by atoms with Crippen LogP contribution in [-0.4, -0.2) is 43.8 Å². The Morgan fingerprint density at radius 1 is 0.927 bits per heavy atom. The topological polar surface area (TPSA) is 86.8 Å². The molecular weight excluding hydrogens is 541 g/mol. The van der Waals surface area contributed by atoms with E-state index in [1.54, 1.807) is 55.5 Å². The number of benzene rings is 3. The van der Waals surface area contributed by atoms with E-state index in [0.29, 0.717) is 5.69 Å². The van der Waals surface area contributed by atoms with Gasteiger partial charge in [0.15, 0.2) is 0 Å². The third-order valence-electron chi connectivity index (χ3n) is 7.66. The van der Waals surface area contributed by atoms with E-state index in [1.165, 1.54) is 23.1 Å². The molecule has 1 unspecified atom stereocenters. The number of amides is 2. The molecule has 2 amide bonds. The first-order valence-electron chi connectivity index (χ1n) is 14.2. The van der Waals surface area contributed by atoms with Gasteiger partial charge in [-0.1, -0.05) is 74.7 Å². The maximum absolute atomic E-state index is 14.7. The highest BCUT2D eigenvalue weighted by atomic mass is 32.2. The van der Waals surface area contributed by atoms with Crippen molar-refractivity contribution in [3.8, 4) is 0 Å². The molecule has 0 radical (unpaired) electrons. The van der Waals surface area contributed by atoms with E-state index in [9.17, 15) is 22.4 Å². The highest BCUT2D eigenvalue weighted by Gasteiger charge is 2.33. The minimum atomic E-state index is -4.14. The van der Waals surface area contributed by atoms with Crippen molar-refractivity contribution in [2.24, 2.45) is 0 Å². The van der Waals surface area contributed by atoms with Gasteiger partial charge >= 0.3 is 0 Å². The fraction of sp³-hybridized carbons (Fsp3) is 0.375. The average molecular weight is 580 g/mol. The number of anilines is 1. The Hall–Kier alpha value is -3.72. The number of sulfonamides is 1. The van der Waals surface area contributed by atoms with Crippen LogP contribution >= 0.6 is 0 Å². The molecule has 0 bridgehead atoms. The zero-order valence-electron chi connectivity index (χ0n) is 23.6. The van der Waals surface area contributed by atoms with Crippen molar-refractivity contribution < 1.29 is 22.4 Å². The molecule has 41 heavy (non-hydrogen) atoms. The summed E-state index contributed by atoms with van der Waals surface area (Å²) in [6.45, 7) is 2.86. The van der Waals surface area contributed by atoms with Crippen LogP contribution in [-0.2, 0) is 32.6 Å². The summed E-state index contributed by atoms with van der Waals surface area (Å²) in [5.41, 5.74) is 1.58. The molecule has 218 valence electrons. The standard InChI is InChI=1S/C32H38FN3O4S/c1-3-25-18-20-28(21-19-25)36(41(39,40)29-15-8-5-9-16-29)23-31(37)35(22-26-12-10-11-17-30(26)33)24(2)32(38)34-27-13-6-4-7-14-27/h5,8-12,15-21,24,27H,3-4,6-7,13-14,22-23H2,1-2H3,(H,34,38). The van der Waals surface area contributed by atoms with E-state index in [2.05, 4.69) is 5.32 Å². The van der Waals surface area contributed by atoms with Gasteiger partial charge in [-0.2, -0.15) is 0 Å². The number of nitrogens with zero attached hydrogens (tertiary/aromatic N) is 2. The first-order chi connectivity index (χ1) is 19.7. The second kappa shape index (κ2) is 13.8. The minimum absolute atomic E-state index is 0.0242. The molecule has 0 aromatic heterocycles. The van der Waals surface area contributed by atoms with Crippen LogP contribution in [0.25, 0.3) is 0 Å². The molecule has 1 atom stereocenters. The molecular formula is C32H38FN3O4S. The number of carbonyl (C=O) groups excluding carboxylic acids is 2. The molecule has 0 heterocycles. The molecule has 1 N–H and O–H groups in total. The number of halogens is 1. The van der Waals surface area contributed by atoms with Crippen molar-refractivity contribution in [1.29, 1.82) is 0 Å². The first kappa shape index (κ1) is 30.2. The van der Waals surface area contributed by atoms with Crippen molar-refractivity contribution in [1.82, 2.24) is 10.2 Å². The fourth-order valence-electron chi connectivity index (χ4n) is 5.11. The van der Waals surface area contributed by atoms with Crippen LogP contribution in [0.3, 0.4) is 0 Å². The van der Waals surface area contributed by atoms with Gasteiger partial charge in [-0.05, 0) is 62.1 Å². The van der Waals surface area contributed by atoms with Gasteiger partial charge in [0.1, 0.15) is 18.4 Å². The fourth-order valence-corrected chi connectivity index (χ4v) is 6.54.